The Morgan fingerprint density at radius 2 is 2.06 bits per heavy atom. The lowest BCUT2D eigenvalue weighted by atomic mass is 10.1. The average Bonchev–Trinajstić information content (AvgIpc) is 2.32. The van der Waals surface area contributed by atoms with E-state index in [0.29, 0.717) is 12.2 Å². The van der Waals surface area contributed by atoms with Gasteiger partial charge in [0, 0.05) is 12.6 Å². The molecule has 18 heavy (non-hydrogen) atoms. The molecule has 0 unspecified atom stereocenters. The number of benzene rings is 1. The smallest absolute Gasteiger partial charge is 0.254 e. The fraction of sp³-hybridized carbons (Fsp3) is 0.154. The van der Waals surface area contributed by atoms with Crippen LogP contribution < -0.4 is 11.5 Å². The van der Waals surface area contributed by atoms with Crippen molar-refractivity contribution in [3.8, 4) is 0 Å². The number of nitrogen functional groups attached to an aromatic ring is 1. The van der Waals surface area contributed by atoms with Crippen molar-refractivity contribution in [1.82, 2.24) is 9.97 Å². The molecule has 0 aliphatic rings. The number of hydrogen-bond donors (Lipinski definition) is 2. The van der Waals surface area contributed by atoms with Crippen molar-refractivity contribution < 1.29 is 4.79 Å². The van der Waals surface area contributed by atoms with Crippen molar-refractivity contribution in [2.75, 3.05) is 5.73 Å². The first-order chi connectivity index (χ1) is 8.58. The van der Waals surface area contributed by atoms with E-state index >= 15 is 0 Å². The molecule has 1 heterocycles. The number of hydrogen-bond acceptors (Lipinski definition) is 4. The van der Waals surface area contributed by atoms with Gasteiger partial charge in [-0.2, -0.15) is 0 Å². The first-order valence-corrected chi connectivity index (χ1v) is 5.53. The van der Waals surface area contributed by atoms with E-state index in [2.05, 4.69) is 9.97 Å². The van der Waals surface area contributed by atoms with E-state index in [1.165, 1.54) is 11.8 Å². The van der Waals surface area contributed by atoms with E-state index < -0.39 is 5.91 Å². The van der Waals surface area contributed by atoms with Crippen LogP contribution in [-0.2, 0) is 6.42 Å². The second-order valence-electron chi connectivity index (χ2n) is 4.05. The molecule has 0 spiro atoms. The summed E-state index contributed by atoms with van der Waals surface area (Å²) in [5.74, 6) is 0.0859. The highest BCUT2D eigenvalue weighted by atomic mass is 16.1. The Morgan fingerprint density at radius 1 is 1.33 bits per heavy atom. The lowest BCUT2D eigenvalue weighted by molar-refractivity contribution is 0.100. The van der Waals surface area contributed by atoms with E-state index in [0.717, 1.165) is 5.56 Å². The van der Waals surface area contributed by atoms with Crippen LogP contribution in [0.5, 0.6) is 0 Å². The molecule has 2 rings (SSSR count). The molecule has 5 heteroatoms. The van der Waals surface area contributed by atoms with Crippen LogP contribution in [0.15, 0.2) is 30.5 Å². The first kappa shape index (κ1) is 12.0. The standard InChI is InChI=1S/C13H14N4O/c1-8-4-2-3-5-9(8)6-11-16-7-10(13(15)18)12(14)17-11/h2-5,7H,6H2,1H3,(H2,15,18)(H2,14,16,17). The fourth-order valence-electron chi connectivity index (χ4n) is 1.69. The Bertz CT molecular complexity index is 595. The summed E-state index contributed by atoms with van der Waals surface area (Å²) in [4.78, 5) is 19.2. The van der Waals surface area contributed by atoms with Crippen molar-refractivity contribution in [3.05, 3.63) is 53.0 Å². The maximum atomic E-state index is 11.0. The minimum atomic E-state index is -0.616. The van der Waals surface area contributed by atoms with Gasteiger partial charge in [-0.3, -0.25) is 4.79 Å². The number of amides is 1. The molecule has 1 aromatic heterocycles. The normalized spacial score (nSPS) is 10.3. The Labute approximate surface area is 105 Å². The number of nitrogens with zero attached hydrogens (tertiary/aromatic N) is 2. The van der Waals surface area contributed by atoms with Crippen LogP contribution in [0.2, 0.25) is 0 Å². The third-order valence-corrected chi connectivity index (χ3v) is 2.74. The summed E-state index contributed by atoms with van der Waals surface area (Å²) in [6.07, 6.45) is 1.95. The molecule has 0 saturated heterocycles. The zero-order valence-corrected chi connectivity index (χ0v) is 10.1. The summed E-state index contributed by atoms with van der Waals surface area (Å²) in [6.45, 7) is 2.02. The second kappa shape index (κ2) is 4.83. The SMILES string of the molecule is Cc1ccccc1Cc1ncc(C(N)=O)c(N)n1. The van der Waals surface area contributed by atoms with Gasteiger partial charge in [0.2, 0.25) is 0 Å². The van der Waals surface area contributed by atoms with Gasteiger partial charge in [-0.05, 0) is 18.1 Å². The zero-order valence-electron chi connectivity index (χ0n) is 10.1. The topological polar surface area (TPSA) is 94.9 Å². The molecule has 0 aliphatic heterocycles. The molecule has 4 N–H and O–H groups in total. The minimum Gasteiger partial charge on any atom is -0.383 e. The van der Waals surface area contributed by atoms with E-state index in [9.17, 15) is 4.79 Å². The van der Waals surface area contributed by atoms with Crippen molar-refractivity contribution in [2.45, 2.75) is 13.3 Å². The van der Waals surface area contributed by atoms with Gasteiger partial charge in [0.05, 0.1) is 5.56 Å². The summed E-state index contributed by atoms with van der Waals surface area (Å²) in [7, 11) is 0. The second-order valence-corrected chi connectivity index (χ2v) is 4.05. The van der Waals surface area contributed by atoms with Gasteiger partial charge in [0.25, 0.3) is 5.91 Å². The van der Waals surface area contributed by atoms with E-state index in [4.69, 9.17) is 11.5 Å². The van der Waals surface area contributed by atoms with E-state index in [-0.39, 0.29) is 11.4 Å². The highest BCUT2D eigenvalue weighted by Gasteiger charge is 2.09. The van der Waals surface area contributed by atoms with E-state index in [1.54, 1.807) is 0 Å². The number of aryl methyl sites for hydroxylation is 1. The molecule has 0 aliphatic carbocycles. The molecule has 5 nitrogen and oxygen atoms in total. The molecule has 92 valence electrons. The molecule has 0 atom stereocenters. The quantitative estimate of drug-likeness (QED) is 0.841. The summed E-state index contributed by atoms with van der Waals surface area (Å²) >= 11 is 0. The number of anilines is 1. The molecule has 0 saturated carbocycles. The highest BCUT2D eigenvalue weighted by molar-refractivity contribution is 5.96. The minimum absolute atomic E-state index is 0.126. The van der Waals surface area contributed by atoms with Gasteiger partial charge >= 0.3 is 0 Å². The number of primary amides is 1. The largest absolute Gasteiger partial charge is 0.383 e. The molecular formula is C13H14N4O. The van der Waals surface area contributed by atoms with Gasteiger partial charge in [-0.1, -0.05) is 24.3 Å². The zero-order chi connectivity index (χ0) is 13.1. The lowest BCUT2D eigenvalue weighted by Crippen LogP contribution is -2.16. The van der Waals surface area contributed by atoms with Crippen molar-refractivity contribution >= 4 is 11.7 Å². The number of rotatable bonds is 3. The predicted octanol–water partition coefficient (Wildman–Crippen LogP) is 1.06. The number of aromatic nitrogens is 2. The predicted molar refractivity (Wildman–Crippen MR) is 68.9 cm³/mol. The summed E-state index contributed by atoms with van der Waals surface area (Å²) in [5.41, 5.74) is 13.3. The summed E-state index contributed by atoms with van der Waals surface area (Å²) < 4.78 is 0. The first-order valence-electron chi connectivity index (χ1n) is 5.53. The van der Waals surface area contributed by atoms with Crippen LogP contribution in [0.4, 0.5) is 5.82 Å². The maximum absolute atomic E-state index is 11.0. The third-order valence-electron chi connectivity index (χ3n) is 2.74. The number of carbonyl (C=O) groups is 1. The van der Waals surface area contributed by atoms with Gasteiger partial charge in [0.15, 0.2) is 0 Å². The van der Waals surface area contributed by atoms with Crippen LogP contribution in [-0.4, -0.2) is 15.9 Å². The maximum Gasteiger partial charge on any atom is 0.254 e. The highest BCUT2D eigenvalue weighted by Crippen LogP contribution is 2.13. The lowest BCUT2D eigenvalue weighted by Gasteiger charge is -2.06. The van der Waals surface area contributed by atoms with Gasteiger partial charge in [-0.25, -0.2) is 9.97 Å². The number of nitrogens with two attached hydrogens (primary N) is 2. The Kier molecular flexibility index (Phi) is 3.23. The Morgan fingerprint density at radius 3 is 2.67 bits per heavy atom. The van der Waals surface area contributed by atoms with Gasteiger partial charge in [0.1, 0.15) is 11.6 Å². The molecule has 0 bridgehead atoms. The molecular weight excluding hydrogens is 228 g/mol. The summed E-state index contributed by atoms with van der Waals surface area (Å²) in [5, 5.41) is 0. The molecule has 1 amide bonds. The molecule has 2 aromatic rings. The third kappa shape index (κ3) is 2.45. The Balaban J connectivity index is 2.29. The molecule has 1 aromatic carbocycles. The number of carbonyl (C=O) groups excluding carboxylic acids is 1. The molecule has 0 fully saturated rings. The van der Waals surface area contributed by atoms with Crippen LogP contribution >= 0.6 is 0 Å². The summed E-state index contributed by atoms with van der Waals surface area (Å²) in [6, 6.07) is 7.97. The molecule has 0 radical (unpaired) electrons. The van der Waals surface area contributed by atoms with Gasteiger partial charge in [-0.15, -0.1) is 0 Å². The fourth-order valence-corrected chi connectivity index (χ4v) is 1.69. The van der Waals surface area contributed by atoms with Crippen molar-refractivity contribution in [1.29, 1.82) is 0 Å². The monoisotopic (exact) mass is 242 g/mol. The van der Waals surface area contributed by atoms with Crippen LogP contribution in [0.25, 0.3) is 0 Å². The van der Waals surface area contributed by atoms with Crippen LogP contribution in [0.3, 0.4) is 0 Å². The Hall–Kier alpha value is -2.43. The van der Waals surface area contributed by atoms with Crippen molar-refractivity contribution in [3.63, 3.8) is 0 Å². The van der Waals surface area contributed by atoms with Gasteiger partial charge < -0.3 is 11.5 Å². The average molecular weight is 242 g/mol. The van der Waals surface area contributed by atoms with Crippen LogP contribution in [0, 0.1) is 6.92 Å². The van der Waals surface area contributed by atoms with Crippen LogP contribution in [0.1, 0.15) is 27.3 Å². The van der Waals surface area contributed by atoms with Crippen molar-refractivity contribution in [2.24, 2.45) is 5.73 Å². The van der Waals surface area contributed by atoms with E-state index in [1.807, 2.05) is 31.2 Å².